The minimum atomic E-state index is -0.537. The Bertz CT molecular complexity index is 386. The van der Waals surface area contributed by atoms with Gasteiger partial charge in [0.05, 0.1) is 6.10 Å². The first-order valence-corrected chi connectivity index (χ1v) is 5.07. The van der Waals surface area contributed by atoms with Crippen molar-refractivity contribution in [2.75, 3.05) is 12.3 Å². The largest absolute Gasteiger partial charge is 0.399 e. The number of anilines is 1. The smallest absolute Gasteiger partial charge is 0.244 e. The Kier molecular flexibility index (Phi) is 4.54. The van der Waals surface area contributed by atoms with E-state index < -0.39 is 6.10 Å². The predicted octanol–water partition coefficient (Wildman–Crippen LogP) is 0.779. The van der Waals surface area contributed by atoms with Crippen LogP contribution in [-0.4, -0.2) is 23.7 Å². The van der Waals surface area contributed by atoms with Gasteiger partial charge in [0.2, 0.25) is 5.91 Å². The highest BCUT2D eigenvalue weighted by Crippen LogP contribution is 2.07. The molecule has 4 heteroatoms. The molecule has 1 aromatic rings. The topological polar surface area (TPSA) is 75.3 Å². The fourth-order valence-electron chi connectivity index (χ4n) is 1.14. The van der Waals surface area contributed by atoms with Crippen molar-refractivity contribution < 1.29 is 9.90 Å². The van der Waals surface area contributed by atoms with E-state index >= 15 is 0 Å². The molecule has 1 atom stereocenters. The Labute approximate surface area is 94.8 Å². The highest BCUT2D eigenvalue weighted by molar-refractivity contribution is 5.91. The van der Waals surface area contributed by atoms with E-state index in [1.54, 1.807) is 25.1 Å². The number of hydrogen-bond acceptors (Lipinski definition) is 3. The van der Waals surface area contributed by atoms with Gasteiger partial charge in [0, 0.05) is 18.3 Å². The second-order valence-corrected chi connectivity index (χ2v) is 3.60. The second-order valence-electron chi connectivity index (χ2n) is 3.60. The number of nitrogen functional groups attached to an aromatic ring is 1. The number of rotatable bonds is 4. The molecule has 0 saturated heterocycles. The first-order valence-electron chi connectivity index (χ1n) is 5.07. The zero-order valence-corrected chi connectivity index (χ0v) is 9.18. The highest BCUT2D eigenvalue weighted by Gasteiger charge is 1.98. The number of aliphatic hydroxyl groups is 1. The summed E-state index contributed by atoms with van der Waals surface area (Å²) in [4.78, 5) is 11.3. The number of nitrogens with two attached hydrogens (primary N) is 1. The van der Waals surface area contributed by atoms with Crippen LogP contribution >= 0.6 is 0 Å². The number of carbonyl (C=O) groups excluding carboxylic acids is 1. The van der Waals surface area contributed by atoms with Crippen LogP contribution in [0.5, 0.6) is 0 Å². The monoisotopic (exact) mass is 220 g/mol. The van der Waals surface area contributed by atoms with E-state index in [9.17, 15) is 4.79 Å². The van der Waals surface area contributed by atoms with Crippen molar-refractivity contribution in [1.29, 1.82) is 0 Å². The summed E-state index contributed by atoms with van der Waals surface area (Å²) in [6, 6.07) is 7.24. The molecule has 1 amide bonds. The standard InChI is InChI=1S/C12H16N2O2/c1-9(15)8-14-12(16)6-5-10-3-2-4-11(13)7-10/h2-7,9,15H,8,13H2,1H3,(H,14,16)/b6-5+. The van der Waals surface area contributed by atoms with Gasteiger partial charge in [0.25, 0.3) is 0 Å². The van der Waals surface area contributed by atoms with Crippen molar-refractivity contribution >= 4 is 17.7 Å². The van der Waals surface area contributed by atoms with Crippen LogP contribution in [0.3, 0.4) is 0 Å². The maximum atomic E-state index is 11.3. The van der Waals surface area contributed by atoms with Crippen molar-refractivity contribution in [2.24, 2.45) is 0 Å². The molecule has 1 rings (SSSR count). The first kappa shape index (κ1) is 12.3. The molecule has 4 N–H and O–H groups in total. The summed E-state index contributed by atoms with van der Waals surface area (Å²) >= 11 is 0. The van der Waals surface area contributed by atoms with Gasteiger partial charge in [-0.1, -0.05) is 12.1 Å². The van der Waals surface area contributed by atoms with Crippen LogP contribution in [0.25, 0.3) is 6.08 Å². The summed E-state index contributed by atoms with van der Waals surface area (Å²) in [6.45, 7) is 1.86. The molecule has 0 aliphatic heterocycles. The Morgan fingerprint density at radius 3 is 3.00 bits per heavy atom. The maximum absolute atomic E-state index is 11.3. The van der Waals surface area contributed by atoms with E-state index in [-0.39, 0.29) is 12.5 Å². The van der Waals surface area contributed by atoms with Crippen LogP contribution in [0.15, 0.2) is 30.3 Å². The van der Waals surface area contributed by atoms with E-state index in [0.29, 0.717) is 5.69 Å². The van der Waals surface area contributed by atoms with E-state index in [1.807, 2.05) is 12.1 Å². The zero-order chi connectivity index (χ0) is 12.0. The molecule has 0 spiro atoms. The lowest BCUT2D eigenvalue weighted by atomic mass is 10.2. The van der Waals surface area contributed by atoms with Crippen molar-refractivity contribution in [2.45, 2.75) is 13.0 Å². The molecule has 16 heavy (non-hydrogen) atoms. The molecule has 0 aromatic heterocycles. The average molecular weight is 220 g/mol. The molecular formula is C12H16N2O2. The lowest BCUT2D eigenvalue weighted by Crippen LogP contribution is -2.28. The molecule has 0 aliphatic carbocycles. The van der Waals surface area contributed by atoms with Crippen molar-refractivity contribution in [3.8, 4) is 0 Å². The molecule has 1 unspecified atom stereocenters. The van der Waals surface area contributed by atoms with Crippen molar-refractivity contribution in [3.63, 3.8) is 0 Å². The SMILES string of the molecule is CC(O)CNC(=O)/C=C/c1cccc(N)c1. The Morgan fingerprint density at radius 1 is 1.62 bits per heavy atom. The van der Waals surface area contributed by atoms with E-state index in [1.165, 1.54) is 6.08 Å². The first-order chi connectivity index (χ1) is 7.58. The van der Waals surface area contributed by atoms with Gasteiger partial charge in [-0.3, -0.25) is 4.79 Å². The molecule has 0 fully saturated rings. The van der Waals surface area contributed by atoms with E-state index in [0.717, 1.165) is 5.56 Å². The van der Waals surface area contributed by atoms with Crippen LogP contribution in [0.4, 0.5) is 5.69 Å². The fraction of sp³-hybridized carbons (Fsp3) is 0.250. The Balaban J connectivity index is 2.50. The molecule has 0 saturated carbocycles. The molecule has 86 valence electrons. The number of benzene rings is 1. The van der Waals surface area contributed by atoms with E-state index in [4.69, 9.17) is 10.8 Å². The molecule has 0 aliphatic rings. The van der Waals surface area contributed by atoms with Crippen molar-refractivity contribution in [1.82, 2.24) is 5.32 Å². The number of aliphatic hydroxyl groups excluding tert-OH is 1. The Morgan fingerprint density at radius 2 is 2.38 bits per heavy atom. The van der Waals surface area contributed by atoms with Gasteiger partial charge in [-0.05, 0) is 30.7 Å². The lowest BCUT2D eigenvalue weighted by molar-refractivity contribution is -0.116. The van der Waals surface area contributed by atoms with Crippen LogP contribution in [0.1, 0.15) is 12.5 Å². The maximum Gasteiger partial charge on any atom is 0.244 e. The van der Waals surface area contributed by atoms with Crippen LogP contribution in [0, 0.1) is 0 Å². The molecule has 1 aromatic carbocycles. The summed E-state index contributed by atoms with van der Waals surface area (Å²) in [5, 5.41) is 11.5. The normalized spacial score (nSPS) is 12.6. The van der Waals surface area contributed by atoms with Crippen LogP contribution in [0.2, 0.25) is 0 Å². The van der Waals surface area contributed by atoms with Gasteiger partial charge >= 0.3 is 0 Å². The summed E-state index contributed by atoms with van der Waals surface area (Å²) in [7, 11) is 0. The van der Waals surface area contributed by atoms with Gasteiger partial charge < -0.3 is 16.2 Å². The number of carbonyl (C=O) groups is 1. The summed E-state index contributed by atoms with van der Waals surface area (Å²) in [5.41, 5.74) is 7.12. The van der Waals surface area contributed by atoms with Crippen LogP contribution in [-0.2, 0) is 4.79 Å². The van der Waals surface area contributed by atoms with Gasteiger partial charge in [0.1, 0.15) is 0 Å². The second kappa shape index (κ2) is 5.92. The third-order valence-corrected chi connectivity index (χ3v) is 1.91. The van der Waals surface area contributed by atoms with Gasteiger partial charge in [0.15, 0.2) is 0 Å². The average Bonchev–Trinajstić information content (AvgIpc) is 2.23. The van der Waals surface area contributed by atoms with Gasteiger partial charge in [-0.25, -0.2) is 0 Å². The number of nitrogens with one attached hydrogen (secondary N) is 1. The minimum Gasteiger partial charge on any atom is -0.399 e. The predicted molar refractivity (Wildman–Crippen MR) is 64.6 cm³/mol. The quantitative estimate of drug-likeness (QED) is 0.518. The fourth-order valence-corrected chi connectivity index (χ4v) is 1.14. The van der Waals surface area contributed by atoms with Gasteiger partial charge in [-0.15, -0.1) is 0 Å². The van der Waals surface area contributed by atoms with Crippen LogP contribution < -0.4 is 11.1 Å². The highest BCUT2D eigenvalue weighted by atomic mass is 16.3. The van der Waals surface area contributed by atoms with E-state index in [2.05, 4.69) is 5.32 Å². The van der Waals surface area contributed by atoms with Crippen molar-refractivity contribution in [3.05, 3.63) is 35.9 Å². The number of hydrogen-bond donors (Lipinski definition) is 3. The summed E-state index contributed by atoms with van der Waals surface area (Å²) in [5.74, 6) is -0.233. The lowest BCUT2D eigenvalue weighted by Gasteiger charge is -2.03. The molecule has 0 heterocycles. The molecule has 0 bridgehead atoms. The van der Waals surface area contributed by atoms with Gasteiger partial charge in [-0.2, -0.15) is 0 Å². The minimum absolute atomic E-state index is 0.233. The molecular weight excluding hydrogens is 204 g/mol. The Hall–Kier alpha value is -1.81. The third-order valence-electron chi connectivity index (χ3n) is 1.91. The number of amides is 1. The zero-order valence-electron chi connectivity index (χ0n) is 9.18. The molecule has 4 nitrogen and oxygen atoms in total. The molecule has 0 radical (unpaired) electrons. The summed E-state index contributed by atoms with van der Waals surface area (Å²) in [6.07, 6.45) is 2.55. The summed E-state index contributed by atoms with van der Waals surface area (Å²) < 4.78 is 0. The third kappa shape index (κ3) is 4.61.